The fraction of sp³-hybridized carbons (Fsp3) is 0.458. The first-order chi connectivity index (χ1) is 29.7. The predicted octanol–water partition coefficient (Wildman–Crippen LogP) is 4.04. The number of esters is 4. The van der Waals surface area contributed by atoms with Crippen molar-refractivity contribution in [3.63, 3.8) is 0 Å². The minimum atomic E-state index is -2.39. The number of ether oxygens (including phenoxy) is 5. The van der Waals surface area contributed by atoms with Crippen LogP contribution in [-0.4, -0.2) is 105 Å². The Morgan fingerprint density at radius 1 is 0.841 bits per heavy atom. The zero-order valence-corrected chi connectivity index (χ0v) is 36.2. The molecule has 7 rings (SSSR count). The van der Waals surface area contributed by atoms with Crippen LogP contribution in [-0.2, 0) is 42.9 Å². The Bertz CT molecular complexity index is 2350. The van der Waals surface area contributed by atoms with Crippen molar-refractivity contribution in [2.24, 2.45) is 16.7 Å². The van der Waals surface area contributed by atoms with Crippen molar-refractivity contribution in [1.29, 1.82) is 0 Å². The molecule has 1 saturated heterocycles. The van der Waals surface area contributed by atoms with Crippen molar-refractivity contribution in [3.05, 3.63) is 118 Å². The van der Waals surface area contributed by atoms with E-state index in [0.29, 0.717) is 16.7 Å². The first kappa shape index (κ1) is 45.3. The van der Waals surface area contributed by atoms with Gasteiger partial charge in [-0.1, -0.05) is 80.6 Å². The van der Waals surface area contributed by atoms with Gasteiger partial charge in [-0.25, -0.2) is 9.59 Å². The maximum absolute atomic E-state index is 15.5. The van der Waals surface area contributed by atoms with E-state index in [0.717, 1.165) is 13.8 Å². The van der Waals surface area contributed by atoms with Gasteiger partial charge in [-0.15, -0.1) is 0 Å². The molecule has 3 fully saturated rings. The molecule has 3 aromatic carbocycles. The van der Waals surface area contributed by atoms with Crippen molar-refractivity contribution < 1.29 is 67.8 Å². The zero-order valence-electron chi connectivity index (χ0n) is 36.2. The van der Waals surface area contributed by atoms with Crippen LogP contribution in [0.2, 0.25) is 0 Å². The van der Waals surface area contributed by atoms with E-state index in [1.54, 1.807) is 93.6 Å². The highest BCUT2D eigenvalue weighted by atomic mass is 16.6. The van der Waals surface area contributed by atoms with E-state index in [1.165, 1.54) is 26.0 Å². The van der Waals surface area contributed by atoms with Crippen molar-refractivity contribution in [2.75, 3.05) is 6.61 Å². The summed E-state index contributed by atoms with van der Waals surface area (Å²) in [5, 5.41) is 40.4. The number of carbonyl (C=O) groups excluding carboxylic acids is 6. The molecule has 15 nitrogen and oxygen atoms in total. The van der Waals surface area contributed by atoms with Gasteiger partial charge >= 0.3 is 23.9 Å². The highest BCUT2D eigenvalue weighted by molar-refractivity contribution is 5.97. The lowest BCUT2D eigenvalue weighted by Gasteiger charge is -2.67. The van der Waals surface area contributed by atoms with Gasteiger partial charge in [0.25, 0.3) is 5.91 Å². The molecule has 4 aliphatic rings. The molecule has 2 bridgehead atoms. The van der Waals surface area contributed by atoms with Crippen LogP contribution in [0.5, 0.6) is 0 Å². The van der Waals surface area contributed by atoms with Crippen molar-refractivity contribution >= 4 is 35.6 Å². The lowest BCUT2D eigenvalue weighted by molar-refractivity contribution is -0.346. The average molecular weight is 868 g/mol. The molecule has 0 radical (unpaired) electrons. The fourth-order valence-electron chi connectivity index (χ4n) is 10.4. The molecule has 15 heteroatoms. The summed E-state index contributed by atoms with van der Waals surface area (Å²) in [4.78, 5) is 83.8. The molecule has 0 spiro atoms. The first-order valence-electron chi connectivity index (χ1n) is 20.9. The molecular weight excluding hydrogens is 815 g/mol. The maximum atomic E-state index is 15.5. The van der Waals surface area contributed by atoms with Gasteiger partial charge in [-0.05, 0) is 61.2 Å². The average Bonchev–Trinajstić information content (AvgIpc) is 3.24. The Kier molecular flexibility index (Phi) is 12.0. The number of aliphatic hydroxyl groups excluding tert-OH is 2. The fourth-order valence-corrected chi connectivity index (χ4v) is 10.4. The summed E-state index contributed by atoms with van der Waals surface area (Å²) in [6.45, 7) is 9.73. The van der Waals surface area contributed by atoms with Crippen LogP contribution in [0.3, 0.4) is 0 Å². The molecule has 63 heavy (non-hydrogen) atoms. The van der Waals surface area contributed by atoms with E-state index >= 15 is 4.79 Å². The molecule has 3 aliphatic carbocycles. The molecule has 1 amide bonds. The van der Waals surface area contributed by atoms with E-state index in [9.17, 15) is 39.3 Å². The second kappa shape index (κ2) is 16.8. The van der Waals surface area contributed by atoms with Crippen LogP contribution in [0.15, 0.2) is 96.1 Å². The standard InChI is InChI=1S/C48H53NO14/c1-25-16-14-15-21-31(25)42(55)49-36(29-17-10-8-11-18-29)37(53)44(57)61-32-23-48(58)41(62-43(56)30-19-12-9-13-20-30)39-46(7,33(52)22-34-47(39,24-59-34)63-28(4)51)40(54)38(60-27(3)50)35(26(32)2)45(48,5)6/h8-21,32-34,36-39,41,52-53,58H,22-24H2,1-7H3,(H,49,55)/t32-,33-,34+,36-,37+,38+,39-,41-,46+,47-,48+/m0/s1. The third-order valence-electron chi connectivity index (χ3n) is 13.8. The number of nitrogens with one attached hydrogen (secondary N) is 1. The van der Waals surface area contributed by atoms with Gasteiger partial charge in [0.05, 0.1) is 35.6 Å². The van der Waals surface area contributed by atoms with Gasteiger partial charge in [0, 0.05) is 37.7 Å². The third kappa shape index (κ3) is 7.54. The van der Waals surface area contributed by atoms with E-state index < -0.39 is 113 Å². The number of ketones is 1. The van der Waals surface area contributed by atoms with Crippen LogP contribution in [0.4, 0.5) is 0 Å². The molecule has 4 N–H and O–H groups in total. The van der Waals surface area contributed by atoms with Gasteiger partial charge < -0.3 is 44.3 Å². The highest BCUT2D eigenvalue weighted by Crippen LogP contribution is 2.64. The number of benzene rings is 3. The van der Waals surface area contributed by atoms with Crippen LogP contribution < -0.4 is 5.32 Å². The molecule has 3 aromatic rings. The Morgan fingerprint density at radius 3 is 2.05 bits per heavy atom. The summed E-state index contributed by atoms with van der Waals surface area (Å²) >= 11 is 0. The Labute approximate surface area is 364 Å². The summed E-state index contributed by atoms with van der Waals surface area (Å²) in [5.74, 6) is -6.82. The monoisotopic (exact) mass is 867 g/mol. The van der Waals surface area contributed by atoms with E-state index in [2.05, 4.69) is 5.32 Å². The van der Waals surface area contributed by atoms with E-state index in [4.69, 9.17) is 23.7 Å². The number of hydrogen-bond donors (Lipinski definition) is 4. The Hall–Kier alpha value is -5.74. The normalized spacial score (nSPS) is 31.6. The number of amides is 1. The maximum Gasteiger partial charge on any atom is 0.338 e. The number of fused-ring (bicyclic) bond motifs is 5. The van der Waals surface area contributed by atoms with Crippen LogP contribution in [0.25, 0.3) is 0 Å². The summed E-state index contributed by atoms with van der Waals surface area (Å²) < 4.78 is 30.3. The molecule has 1 aliphatic heterocycles. The number of aliphatic hydroxyl groups is 3. The van der Waals surface area contributed by atoms with Gasteiger partial charge in [0.1, 0.15) is 23.9 Å². The molecular formula is C48H53NO14. The third-order valence-corrected chi connectivity index (χ3v) is 13.8. The minimum Gasteiger partial charge on any atom is -0.456 e. The van der Waals surface area contributed by atoms with Crippen molar-refractivity contribution in [3.8, 4) is 0 Å². The number of hydrogen-bond acceptors (Lipinski definition) is 14. The van der Waals surface area contributed by atoms with E-state index in [1.807, 2.05) is 0 Å². The molecule has 2 saturated carbocycles. The topological polar surface area (TPSA) is 221 Å². The number of carbonyl (C=O) groups is 6. The van der Waals surface area contributed by atoms with Gasteiger partial charge in [0.15, 0.2) is 23.6 Å². The lowest BCUT2D eigenvalue weighted by Crippen LogP contribution is -2.82. The van der Waals surface area contributed by atoms with E-state index in [-0.39, 0.29) is 29.7 Å². The Balaban J connectivity index is 1.39. The van der Waals surface area contributed by atoms with Crippen molar-refractivity contribution in [2.45, 2.75) is 115 Å². The molecule has 334 valence electrons. The second-order valence-electron chi connectivity index (χ2n) is 17.8. The first-order valence-corrected chi connectivity index (χ1v) is 20.9. The molecule has 0 unspecified atom stereocenters. The van der Waals surface area contributed by atoms with Crippen molar-refractivity contribution in [1.82, 2.24) is 5.32 Å². The number of rotatable bonds is 10. The largest absolute Gasteiger partial charge is 0.456 e. The second-order valence-corrected chi connectivity index (χ2v) is 17.8. The summed E-state index contributed by atoms with van der Waals surface area (Å²) in [7, 11) is 0. The van der Waals surface area contributed by atoms with Crippen LogP contribution in [0, 0.1) is 23.7 Å². The molecule has 11 atom stereocenters. The number of Topliss-reactive ketones (excluding diaryl/α,β-unsaturated/α-hetero) is 1. The predicted molar refractivity (Wildman–Crippen MR) is 222 cm³/mol. The number of aryl methyl sites for hydroxylation is 1. The zero-order chi connectivity index (χ0) is 45.8. The molecule has 1 heterocycles. The summed E-state index contributed by atoms with van der Waals surface area (Å²) in [6, 6.07) is 21.6. The Morgan fingerprint density at radius 2 is 1.46 bits per heavy atom. The minimum absolute atomic E-state index is 0.00245. The smallest absolute Gasteiger partial charge is 0.338 e. The van der Waals surface area contributed by atoms with Crippen LogP contribution >= 0.6 is 0 Å². The summed E-state index contributed by atoms with van der Waals surface area (Å²) in [6.07, 6.45) is -10.5. The highest BCUT2D eigenvalue weighted by Gasteiger charge is 2.78. The SMILES string of the molecule is CC(=O)O[C@H]1C(=O)[C@@]2(C)[C@H]([C@H](OC(=O)c3ccccc3)[C@]3(O)C[C@H](OC(=O)[C@H](O)[C@@H](NC(=O)c4ccccc4C)c4ccccc4)C(C)=C1C3(C)C)[C@]1(OC(C)=O)CO[C@@H]1C[C@@H]2O. The summed E-state index contributed by atoms with van der Waals surface area (Å²) in [5.41, 5.74) is -6.33. The lowest BCUT2D eigenvalue weighted by atomic mass is 9.44. The van der Waals surface area contributed by atoms with Crippen LogP contribution in [0.1, 0.15) is 92.3 Å². The van der Waals surface area contributed by atoms with Gasteiger partial charge in [-0.2, -0.15) is 0 Å². The quantitative estimate of drug-likeness (QED) is 0.128. The van der Waals surface area contributed by atoms with Gasteiger partial charge in [-0.3, -0.25) is 19.2 Å². The molecule has 0 aromatic heterocycles. The van der Waals surface area contributed by atoms with Gasteiger partial charge in [0.2, 0.25) is 0 Å².